The molecule has 1 heterocycles. The molecule has 0 bridgehead atoms. The van der Waals surface area contributed by atoms with Gasteiger partial charge in [-0.25, -0.2) is 5.43 Å². The summed E-state index contributed by atoms with van der Waals surface area (Å²) in [6, 6.07) is 7.87. The molecule has 0 aliphatic rings. The van der Waals surface area contributed by atoms with Crippen LogP contribution in [0, 0.1) is 0 Å². The molecule has 12 heavy (non-hydrogen) atoms. The minimum atomic E-state index is 0.367. The maximum Gasteiger partial charge on any atom is 0.316 e. The van der Waals surface area contributed by atoms with E-state index in [4.69, 9.17) is 4.42 Å². The number of benzene rings is 1. The van der Waals surface area contributed by atoms with Crippen LogP contribution < -0.4 is 5.43 Å². The molecular weight excluding hydrogens is 154 g/mol. The molecule has 4 nitrogen and oxygen atoms in total. The van der Waals surface area contributed by atoms with E-state index in [1.165, 1.54) is 0 Å². The van der Waals surface area contributed by atoms with Crippen LogP contribution in [0.15, 0.2) is 33.8 Å². The standard InChI is InChI=1S/C8H7N3O/c1-9-11-8-10-6-4-2-3-5-7(6)12-8/h2-5H,1H2,(H,10,11). The number of oxazole rings is 1. The number of aromatic nitrogens is 1. The van der Waals surface area contributed by atoms with Gasteiger partial charge in [0.05, 0.1) is 0 Å². The number of anilines is 1. The average Bonchev–Trinajstić information content (AvgIpc) is 2.47. The van der Waals surface area contributed by atoms with Gasteiger partial charge in [0.25, 0.3) is 0 Å². The van der Waals surface area contributed by atoms with E-state index in [1.54, 1.807) is 0 Å². The van der Waals surface area contributed by atoms with E-state index in [9.17, 15) is 0 Å². The molecule has 2 rings (SSSR count). The molecule has 0 saturated carbocycles. The predicted molar refractivity (Wildman–Crippen MR) is 47.2 cm³/mol. The molecule has 2 aromatic rings. The van der Waals surface area contributed by atoms with Crippen molar-refractivity contribution < 1.29 is 4.42 Å². The highest BCUT2D eigenvalue weighted by atomic mass is 16.4. The Morgan fingerprint density at radius 2 is 2.25 bits per heavy atom. The van der Waals surface area contributed by atoms with Crippen molar-refractivity contribution in [2.75, 3.05) is 5.43 Å². The molecule has 0 radical (unpaired) electrons. The van der Waals surface area contributed by atoms with Crippen LogP contribution in [-0.4, -0.2) is 11.7 Å². The van der Waals surface area contributed by atoms with Crippen molar-refractivity contribution in [2.24, 2.45) is 5.10 Å². The third-order valence-electron chi connectivity index (χ3n) is 1.47. The minimum absolute atomic E-state index is 0.367. The third kappa shape index (κ3) is 1.03. The summed E-state index contributed by atoms with van der Waals surface area (Å²) < 4.78 is 5.25. The van der Waals surface area contributed by atoms with E-state index in [2.05, 4.69) is 22.2 Å². The lowest BCUT2D eigenvalue weighted by Gasteiger charge is -1.85. The van der Waals surface area contributed by atoms with Gasteiger partial charge in [0.15, 0.2) is 5.58 Å². The Labute approximate surface area is 68.9 Å². The van der Waals surface area contributed by atoms with Crippen molar-refractivity contribution in [1.82, 2.24) is 4.98 Å². The summed E-state index contributed by atoms with van der Waals surface area (Å²) >= 11 is 0. The van der Waals surface area contributed by atoms with Gasteiger partial charge in [0, 0.05) is 6.72 Å². The number of para-hydroxylation sites is 2. The van der Waals surface area contributed by atoms with Crippen molar-refractivity contribution in [2.45, 2.75) is 0 Å². The van der Waals surface area contributed by atoms with Crippen molar-refractivity contribution >= 4 is 23.8 Å². The second-order valence-electron chi connectivity index (χ2n) is 2.26. The smallest absolute Gasteiger partial charge is 0.316 e. The van der Waals surface area contributed by atoms with Gasteiger partial charge in [-0.15, -0.1) is 0 Å². The van der Waals surface area contributed by atoms with E-state index < -0.39 is 0 Å². The first-order chi connectivity index (χ1) is 5.90. The first-order valence-corrected chi connectivity index (χ1v) is 3.47. The lowest BCUT2D eigenvalue weighted by molar-refractivity contribution is 0.617. The number of rotatable bonds is 2. The number of hydrogen-bond donors (Lipinski definition) is 1. The van der Waals surface area contributed by atoms with Crippen LogP contribution in [0.3, 0.4) is 0 Å². The second-order valence-corrected chi connectivity index (χ2v) is 2.26. The second kappa shape index (κ2) is 2.65. The molecule has 60 valence electrons. The van der Waals surface area contributed by atoms with E-state index in [1.807, 2.05) is 24.3 Å². The van der Waals surface area contributed by atoms with Crippen molar-refractivity contribution in [3.8, 4) is 0 Å². The molecule has 0 spiro atoms. The minimum Gasteiger partial charge on any atom is -0.422 e. The van der Waals surface area contributed by atoms with Crippen molar-refractivity contribution in [3.63, 3.8) is 0 Å². The molecule has 0 aliphatic heterocycles. The summed E-state index contributed by atoms with van der Waals surface area (Å²) in [5.74, 6) is 0. The Morgan fingerprint density at radius 3 is 3.00 bits per heavy atom. The number of fused-ring (bicyclic) bond motifs is 1. The number of nitrogens with one attached hydrogen (secondary N) is 1. The molecular formula is C8H7N3O. The Bertz CT molecular complexity index is 374. The largest absolute Gasteiger partial charge is 0.422 e. The highest BCUT2D eigenvalue weighted by molar-refractivity contribution is 5.74. The average molecular weight is 161 g/mol. The topological polar surface area (TPSA) is 50.4 Å². The summed E-state index contributed by atoms with van der Waals surface area (Å²) in [6.45, 7) is 3.27. The maximum absolute atomic E-state index is 5.25. The Hall–Kier alpha value is -1.84. The van der Waals surface area contributed by atoms with Gasteiger partial charge in [-0.05, 0) is 12.1 Å². The zero-order valence-electron chi connectivity index (χ0n) is 6.32. The fourth-order valence-electron chi connectivity index (χ4n) is 0.988. The van der Waals surface area contributed by atoms with Gasteiger partial charge in [-0.3, -0.25) is 0 Å². The van der Waals surface area contributed by atoms with Crippen molar-refractivity contribution in [3.05, 3.63) is 24.3 Å². The molecule has 4 heteroatoms. The normalized spacial score (nSPS) is 10.0. The van der Waals surface area contributed by atoms with Crippen LogP contribution in [-0.2, 0) is 0 Å². The summed E-state index contributed by atoms with van der Waals surface area (Å²) in [5, 5.41) is 3.44. The highest BCUT2D eigenvalue weighted by Crippen LogP contribution is 2.17. The zero-order chi connectivity index (χ0) is 8.39. The molecule has 0 amide bonds. The number of hydrazone groups is 1. The molecule has 0 aliphatic carbocycles. The summed E-state index contributed by atoms with van der Waals surface area (Å²) in [6.07, 6.45) is 0. The Balaban J connectivity index is 2.54. The fourth-order valence-corrected chi connectivity index (χ4v) is 0.988. The Kier molecular flexibility index (Phi) is 1.51. The number of nitrogens with zero attached hydrogens (tertiary/aromatic N) is 2. The zero-order valence-corrected chi connectivity index (χ0v) is 6.32. The van der Waals surface area contributed by atoms with Crippen LogP contribution in [0.2, 0.25) is 0 Å². The monoisotopic (exact) mass is 161 g/mol. The molecule has 1 N–H and O–H groups in total. The van der Waals surface area contributed by atoms with Crippen LogP contribution in [0.1, 0.15) is 0 Å². The van der Waals surface area contributed by atoms with Gasteiger partial charge < -0.3 is 4.42 Å². The third-order valence-corrected chi connectivity index (χ3v) is 1.47. The number of hydrogen-bond acceptors (Lipinski definition) is 4. The van der Waals surface area contributed by atoms with Crippen LogP contribution in [0.5, 0.6) is 0 Å². The van der Waals surface area contributed by atoms with E-state index in [-0.39, 0.29) is 0 Å². The summed E-state index contributed by atoms with van der Waals surface area (Å²) in [5.41, 5.74) is 4.08. The van der Waals surface area contributed by atoms with Crippen LogP contribution in [0.4, 0.5) is 6.01 Å². The fraction of sp³-hybridized carbons (Fsp3) is 0. The molecule has 0 fully saturated rings. The molecule has 0 saturated heterocycles. The molecule has 1 aromatic carbocycles. The molecule has 1 aromatic heterocycles. The van der Waals surface area contributed by atoms with Crippen molar-refractivity contribution in [1.29, 1.82) is 0 Å². The molecule has 0 atom stereocenters. The van der Waals surface area contributed by atoms with E-state index in [0.29, 0.717) is 6.01 Å². The first kappa shape index (κ1) is 6.84. The lowest BCUT2D eigenvalue weighted by atomic mass is 10.3. The van der Waals surface area contributed by atoms with Gasteiger partial charge in [-0.2, -0.15) is 10.1 Å². The quantitative estimate of drug-likeness (QED) is 0.540. The van der Waals surface area contributed by atoms with Crippen LogP contribution >= 0.6 is 0 Å². The highest BCUT2D eigenvalue weighted by Gasteiger charge is 2.01. The van der Waals surface area contributed by atoms with Gasteiger partial charge in [-0.1, -0.05) is 12.1 Å². The maximum atomic E-state index is 5.25. The van der Waals surface area contributed by atoms with Gasteiger partial charge in [0.2, 0.25) is 0 Å². The summed E-state index contributed by atoms with van der Waals surface area (Å²) in [7, 11) is 0. The summed E-state index contributed by atoms with van der Waals surface area (Å²) in [4.78, 5) is 4.09. The predicted octanol–water partition coefficient (Wildman–Crippen LogP) is 1.86. The van der Waals surface area contributed by atoms with Gasteiger partial charge >= 0.3 is 6.01 Å². The molecule has 0 unspecified atom stereocenters. The Morgan fingerprint density at radius 1 is 1.42 bits per heavy atom. The lowest BCUT2D eigenvalue weighted by Crippen LogP contribution is -1.84. The van der Waals surface area contributed by atoms with Crippen LogP contribution in [0.25, 0.3) is 11.1 Å². The first-order valence-electron chi connectivity index (χ1n) is 3.47. The van der Waals surface area contributed by atoms with E-state index in [0.717, 1.165) is 11.1 Å². The van der Waals surface area contributed by atoms with E-state index >= 15 is 0 Å². The van der Waals surface area contributed by atoms with Gasteiger partial charge in [0.1, 0.15) is 5.52 Å². The SMILES string of the molecule is C=NNc1nc2ccccc2o1.